The van der Waals surface area contributed by atoms with Gasteiger partial charge in [-0.15, -0.1) is 0 Å². The highest BCUT2D eigenvalue weighted by Crippen LogP contribution is 2.47. The van der Waals surface area contributed by atoms with Gasteiger partial charge in [0.2, 0.25) is 0 Å². The summed E-state index contributed by atoms with van der Waals surface area (Å²) in [6, 6.07) is 0. The Morgan fingerprint density at radius 3 is 2.11 bits per heavy atom. The van der Waals surface area contributed by atoms with Gasteiger partial charge in [0.05, 0.1) is 24.7 Å². The minimum atomic E-state index is -2.04. The summed E-state index contributed by atoms with van der Waals surface area (Å²) in [5, 5.41) is 12.0. The van der Waals surface area contributed by atoms with Gasteiger partial charge in [-0.2, -0.15) is 0 Å². The van der Waals surface area contributed by atoms with E-state index in [0.717, 1.165) is 19.3 Å². The summed E-state index contributed by atoms with van der Waals surface area (Å²) in [5.74, 6) is 0.680. The first kappa shape index (κ1) is 31.8. The minimum absolute atomic E-state index is 0.0412. The fourth-order valence-electron chi connectivity index (χ4n) is 5.84. The molecule has 0 amide bonds. The standard InChI is InChI=1S/C31H56O5Si2/c1-20-13-14-22-17-21(2)29(36-38(11,12)31(6,7)8)28(33)27(22)25(20)16-15-23-18-24(19-26(32)34-23)35-37(9,10)30(3,4)5/h13-14,17,20-21,23-25,27-29,33H,15-16,18-19H2,1-12H3/t20-,21-,23+,24+,25-,27-,28+,29-/m0/s1. The Bertz CT molecular complexity index is 910. The number of aliphatic hydroxyl groups excluding tert-OH is 1. The van der Waals surface area contributed by atoms with Crippen LogP contribution >= 0.6 is 0 Å². The van der Waals surface area contributed by atoms with Crippen molar-refractivity contribution in [1.29, 1.82) is 0 Å². The molecule has 0 aromatic heterocycles. The molecule has 0 aromatic rings. The first-order valence-corrected chi connectivity index (χ1v) is 20.7. The second-order valence-electron chi connectivity index (χ2n) is 15.4. The van der Waals surface area contributed by atoms with Crippen molar-refractivity contribution in [1.82, 2.24) is 0 Å². The Labute approximate surface area is 235 Å². The van der Waals surface area contributed by atoms with Crippen molar-refractivity contribution in [3.63, 3.8) is 0 Å². The quantitative estimate of drug-likeness (QED) is 0.254. The molecule has 38 heavy (non-hydrogen) atoms. The van der Waals surface area contributed by atoms with Crippen molar-refractivity contribution in [3.8, 4) is 0 Å². The predicted octanol–water partition coefficient (Wildman–Crippen LogP) is 7.63. The van der Waals surface area contributed by atoms with E-state index in [1.165, 1.54) is 5.57 Å². The number of hydrogen-bond acceptors (Lipinski definition) is 5. The van der Waals surface area contributed by atoms with Crippen LogP contribution in [0.3, 0.4) is 0 Å². The highest BCUT2D eigenvalue weighted by molar-refractivity contribution is 6.74. The molecule has 0 aromatic carbocycles. The van der Waals surface area contributed by atoms with Crippen molar-refractivity contribution in [2.45, 2.75) is 142 Å². The van der Waals surface area contributed by atoms with Gasteiger partial charge in [0, 0.05) is 18.3 Å². The first-order valence-electron chi connectivity index (χ1n) is 14.9. The second-order valence-corrected chi connectivity index (χ2v) is 24.9. The Hall–Kier alpha value is -0.736. The fraction of sp³-hybridized carbons (Fsp3) is 0.839. The van der Waals surface area contributed by atoms with Crippen LogP contribution in [-0.2, 0) is 18.4 Å². The second kappa shape index (κ2) is 11.3. The minimum Gasteiger partial charge on any atom is -0.462 e. The van der Waals surface area contributed by atoms with Gasteiger partial charge in [0.15, 0.2) is 16.6 Å². The van der Waals surface area contributed by atoms with Gasteiger partial charge in [0.25, 0.3) is 0 Å². The van der Waals surface area contributed by atoms with Gasteiger partial charge in [0.1, 0.15) is 6.10 Å². The molecular weight excluding hydrogens is 509 g/mol. The van der Waals surface area contributed by atoms with Crippen LogP contribution in [0.15, 0.2) is 23.8 Å². The highest BCUT2D eigenvalue weighted by atomic mass is 28.4. The molecule has 7 heteroatoms. The van der Waals surface area contributed by atoms with E-state index in [1.54, 1.807) is 0 Å². The Morgan fingerprint density at radius 1 is 0.947 bits per heavy atom. The van der Waals surface area contributed by atoms with Crippen LogP contribution in [0, 0.1) is 23.7 Å². The van der Waals surface area contributed by atoms with Gasteiger partial charge >= 0.3 is 5.97 Å². The number of ether oxygens (including phenoxy) is 1. The maximum Gasteiger partial charge on any atom is 0.308 e. The molecule has 1 aliphatic heterocycles. The van der Waals surface area contributed by atoms with Gasteiger partial charge in [-0.1, -0.05) is 73.6 Å². The number of rotatable bonds is 7. The van der Waals surface area contributed by atoms with E-state index in [2.05, 4.69) is 99.8 Å². The average Bonchev–Trinajstić information content (AvgIpc) is 2.74. The molecule has 0 unspecified atom stereocenters. The average molecular weight is 565 g/mol. The molecule has 3 rings (SSSR count). The van der Waals surface area contributed by atoms with E-state index in [1.807, 2.05) is 0 Å². The zero-order valence-corrected chi connectivity index (χ0v) is 28.3. The van der Waals surface area contributed by atoms with E-state index in [4.69, 9.17) is 13.6 Å². The maximum absolute atomic E-state index is 12.5. The van der Waals surface area contributed by atoms with Gasteiger partial charge < -0.3 is 18.7 Å². The van der Waals surface area contributed by atoms with E-state index in [0.29, 0.717) is 12.3 Å². The van der Waals surface area contributed by atoms with E-state index in [-0.39, 0.29) is 52.1 Å². The summed E-state index contributed by atoms with van der Waals surface area (Å²) in [6.45, 7) is 26.9. The third-order valence-electron chi connectivity index (χ3n) is 10.3. The largest absolute Gasteiger partial charge is 0.462 e. The van der Waals surface area contributed by atoms with Crippen molar-refractivity contribution < 1.29 is 23.5 Å². The molecule has 1 saturated heterocycles. The normalized spacial score (nSPS) is 35.0. The molecule has 2 aliphatic carbocycles. The summed E-state index contributed by atoms with van der Waals surface area (Å²) in [5.41, 5.74) is 1.24. The van der Waals surface area contributed by atoms with Crippen LogP contribution in [0.5, 0.6) is 0 Å². The number of cyclic esters (lactones) is 1. The number of carbonyl (C=O) groups is 1. The van der Waals surface area contributed by atoms with Crippen LogP contribution in [-0.4, -0.2) is 52.1 Å². The van der Waals surface area contributed by atoms with Crippen LogP contribution in [0.25, 0.3) is 0 Å². The molecular formula is C31H56O5Si2. The molecule has 1 N–H and O–H groups in total. The molecule has 3 aliphatic rings. The lowest BCUT2D eigenvalue weighted by Gasteiger charge is -2.49. The van der Waals surface area contributed by atoms with Crippen molar-refractivity contribution >= 4 is 22.6 Å². The summed E-state index contributed by atoms with van der Waals surface area (Å²) in [7, 11) is -4.01. The summed E-state index contributed by atoms with van der Waals surface area (Å²) < 4.78 is 19.3. The van der Waals surface area contributed by atoms with Gasteiger partial charge in [-0.3, -0.25) is 4.79 Å². The lowest BCUT2D eigenvalue weighted by Crippen LogP contribution is -2.54. The molecule has 0 radical (unpaired) electrons. The zero-order chi connectivity index (χ0) is 28.8. The number of hydrogen-bond donors (Lipinski definition) is 1. The Balaban J connectivity index is 1.73. The molecule has 0 saturated carbocycles. The monoisotopic (exact) mass is 564 g/mol. The number of aliphatic hydroxyl groups is 1. The van der Waals surface area contributed by atoms with Crippen LogP contribution in [0.2, 0.25) is 36.3 Å². The Morgan fingerprint density at radius 2 is 1.53 bits per heavy atom. The number of esters is 1. The van der Waals surface area contributed by atoms with Crippen molar-refractivity contribution in [2.24, 2.45) is 23.7 Å². The molecule has 1 heterocycles. The number of carbonyl (C=O) groups excluding carboxylic acids is 1. The molecule has 1 fully saturated rings. The maximum atomic E-state index is 12.5. The van der Waals surface area contributed by atoms with Crippen molar-refractivity contribution in [2.75, 3.05) is 0 Å². The fourth-order valence-corrected chi connectivity index (χ4v) is 8.60. The van der Waals surface area contributed by atoms with E-state index < -0.39 is 22.7 Å². The SMILES string of the molecule is C[C@H]1C=CC2=C[C@H](C)[C@H](O[Si](C)(C)C(C)(C)C)[C@H](O)[C@@H]2[C@H]1CC[C@@H]1C[C@@H](O[Si](C)(C)C(C)(C)C)CC(=O)O1. The summed E-state index contributed by atoms with van der Waals surface area (Å²) >= 11 is 0. The van der Waals surface area contributed by atoms with Gasteiger partial charge in [-0.05, 0) is 66.5 Å². The molecule has 218 valence electrons. The predicted molar refractivity (Wildman–Crippen MR) is 161 cm³/mol. The molecule has 0 bridgehead atoms. The molecule has 5 nitrogen and oxygen atoms in total. The van der Waals surface area contributed by atoms with Crippen molar-refractivity contribution in [3.05, 3.63) is 23.8 Å². The lowest BCUT2D eigenvalue weighted by atomic mass is 9.64. The Kier molecular flexibility index (Phi) is 9.43. The summed E-state index contributed by atoms with van der Waals surface area (Å²) in [4.78, 5) is 12.5. The van der Waals surface area contributed by atoms with E-state index in [9.17, 15) is 9.90 Å². The third kappa shape index (κ3) is 6.94. The molecule has 8 atom stereocenters. The summed E-state index contributed by atoms with van der Waals surface area (Å²) in [6.07, 6.45) is 8.72. The van der Waals surface area contributed by atoms with Crippen LogP contribution in [0.4, 0.5) is 0 Å². The number of fused-ring (bicyclic) bond motifs is 1. The third-order valence-corrected chi connectivity index (χ3v) is 19.3. The van der Waals surface area contributed by atoms with Gasteiger partial charge in [-0.25, -0.2) is 0 Å². The molecule has 0 spiro atoms. The lowest BCUT2D eigenvalue weighted by molar-refractivity contribution is -0.160. The van der Waals surface area contributed by atoms with Crippen LogP contribution in [0.1, 0.15) is 81.1 Å². The van der Waals surface area contributed by atoms with E-state index >= 15 is 0 Å². The first-order chi connectivity index (χ1) is 17.2. The number of allylic oxidation sites excluding steroid dienone is 2. The topological polar surface area (TPSA) is 65.0 Å². The smallest absolute Gasteiger partial charge is 0.308 e. The highest BCUT2D eigenvalue weighted by Gasteiger charge is 2.48. The van der Waals surface area contributed by atoms with Crippen LogP contribution < -0.4 is 0 Å². The zero-order valence-electron chi connectivity index (χ0n) is 26.3.